The Labute approximate surface area is 260 Å². The number of nitrogens with zero attached hydrogens (tertiary/aromatic N) is 3. The number of aromatic hydroxyl groups is 2. The Morgan fingerprint density at radius 2 is 1.50 bits per heavy atom. The summed E-state index contributed by atoms with van der Waals surface area (Å²) in [5.41, 5.74) is 5.92. The van der Waals surface area contributed by atoms with E-state index >= 15 is 0 Å². The highest BCUT2D eigenvalue weighted by Gasteiger charge is 2.17. The quantitative estimate of drug-likeness (QED) is 0.125. The third-order valence-electron chi connectivity index (χ3n) is 7.19. The Bertz CT molecular complexity index is 1550. The van der Waals surface area contributed by atoms with E-state index in [4.69, 9.17) is 0 Å². The summed E-state index contributed by atoms with van der Waals surface area (Å²) in [6, 6.07) is 17.5. The molecule has 0 spiro atoms. The van der Waals surface area contributed by atoms with Crippen molar-refractivity contribution in [3.05, 3.63) is 89.1 Å². The number of hydrogen-bond donors (Lipinski definition) is 5. The SMILES string of the molecule is CCNCC.CCNCC.Cc1cn(-c2ccc3c(c2)CCC3)c(O)c1N=Nc1cccc(-c2cccc(C(=O)O)c2)c1O. The summed E-state index contributed by atoms with van der Waals surface area (Å²) in [5, 5.41) is 45.6. The van der Waals surface area contributed by atoms with E-state index in [0.29, 0.717) is 16.8 Å². The summed E-state index contributed by atoms with van der Waals surface area (Å²) in [6.45, 7) is 14.6. The van der Waals surface area contributed by atoms with Gasteiger partial charge >= 0.3 is 5.97 Å². The number of carbonyl (C=O) groups is 1. The molecule has 44 heavy (non-hydrogen) atoms. The number of para-hydroxylation sites is 1. The number of azo groups is 1. The number of benzene rings is 3. The van der Waals surface area contributed by atoms with Crippen LogP contribution in [0.4, 0.5) is 11.4 Å². The van der Waals surface area contributed by atoms with Gasteiger partial charge in [-0.15, -0.1) is 10.2 Å². The minimum atomic E-state index is -1.05. The number of fused-ring (bicyclic) bond motifs is 1. The number of phenols is 1. The Morgan fingerprint density at radius 3 is 2.14 bits per heavy atom. The second kappa shape index (κ2) is 17.0. The first-order chi connectivity index (χ1) is 21.2. The molecule has 0 saturated carbocycles. The third-order valence-corrected chi connectivity index (χ3v) is 7.19. The average Bonchev–Trinajstić information content (AvgIpc) is 3.61. The van der Waals surface area contributed by atoms with Gasteiger partial charge in [0.2, 0.25) is 5.88 Å². The number of aryl methyl sites for hydroxylation is 3. The van der Waals surface area contributed by atoms with E-state index in [9.17, 15) is 20.1 Å². The molecule has 234 valence electrons. The van der Waals surface area contributed by atoms with Crippen molar-refractivity contribution in [1.82, 2.24) is 15.2 Å². The first kappa shape index (κ1) is 34.0. The van der Waals surface area contributed by atoms with Gasteiger partial charge in [0, 0.05) is 17.4 Å². The second-order valence-electron chi connectivity index (χ2n) is 10.3. The van der Waals surface area contributed by atoms with Crippen LogP contribution < -0.4 is 10.6 Å². The van der Waals surface area contributed by atoms with Crippen molar-refractivity contribution >= 4 is 17.3 Å². The fourth-order valence-corrected chi connectivity index (χ4v) is 4.90. The molecule has 0 bridgehead atoms. The molecule has 0 fully saturated rings. The van der Waals surface area contributed by atoms with Gasteiger partial charge in [-0.3, -0.25) is 4.57 Å². The monoisotopic (exact) mass is 599 g/mol. The van der Waals surface area contributed by atoms with Crippen LogP contribution in [0.3, 0.4) is 0 Å². The summed E-state index contributed by atoms with van der Waals surface area (Å²) in [6.07, 6.45) is 5.10. The van der Waals surface area contributed by atoms with E-state index < -0.39 is 5.97 Å². The smallest absolute Gasteiger partial charge is 0.335 e. The van der Waals surface area contributed by atoms with Crippen LogP contribution in [0.5, 0.6) is 11.6 Å². The zero-order chi connectivity index (χ0) is 32.1. The molecule has 0 atom stereocenters. The molecule has 0 aliphatic heterocycles. The maximum atomic E-state index is 11.3. The summed E-state index contributed by atoms with van der Waals surface area (Å²) in [4.78, 5) is 11.3. The molecule has 0 amide bonds. The number of carboxylic acid groups (broad SMARTS) is 1. The molecule has 1 aromatic heterocycles. The van der Waals surface area contributed by atoms with Crippen LogP contribution in [0.25, 0.3) is 16.8 Å². The predicted octanol–water partition coefficient (Wildman–Crippen LogP) is 7.70. The molecule has 0 unspecified atom stereocenters. The number of carboxylic acids is 1. The Kier molecular flexibility index (Phi) is 13.1. The van der Waals surface area contributed by atoms with Gasteiger partial charge < -0.3 is 26.0 Å². The largest absolute Gasteiger partial charge is 0.505 e. The van der Waals surface area contributed by atoms with E-state index in [1.165, 1.54) is 23.3 Å². The van der Waals surface area contributed by atoms with Gasteiger partial charge in [0.1, 0.15) is 5.69 Å². The van der Waals surface area contributed by atoms with Crippen LogP contribution in [0.15, 0.2) is 77.1 Å². The summed E-state index contributed by atoms with van der Waals surface area (Å²) in [7, 11) is 0. The van der Waals surface area contributed by atoms with Gasteiger partial charge in [-0.05, 0) is 105 Å². The first-order valence-electron chi connectivity index (χ1n) is 15.3. The standard InChI is InChI=1S/C27H23N3O4.2C4H11N/c1-16-15-30(21-12-11-17-5-2-6-18(17)14-21)26(32)24(16)29-28-23-10-4-9-22(25(23)31)19-7-3-8-20(13-19)27(33)34;2*1-3-5-4-2/h3-4,7-15,31-32H,2,5-6H2,1H3,(H,33,34);2*5H,3-4H2,1-2H3. The van der Waals surface area contributed by atoms with E-state index in [1.807, 2.05) is 19.2 Å². The van der Waals surface area contributed by atoms with Crippen LogP contribution in [0, 0.1) is 6.92 Å². The van der Waals surface area contributed by atoms with E-state index in [-0.39, 0.29) is 22.9 Å². The Balaban J connectivity index is 0.000000461. The van der Waals surface area contributed by atoms with Crippen LogP contribution in [-0.2, 0) is 12.8 Å². The maximum Gasteiger partial charge on any atom is 0.335 e. The minimum Gasteiger partial charge on any atom is -0.505 e. The Morgan fingerprint density at radius 1 is 0.841 bits per heavy atom. The molecule has 1 aliphatic rings. The molecular weight excluding hydrogens is 554 g/mol. The predicted molar refractivity (Wildman–Crippen MR) is 177 cm³/mol. The minimum absolute atomic E-state index is 0.0241. The second-order valence-corrected chi connectivity index (χ2v) is 10.3. The normalized spacial score (nSPS) is 11.8. The maximum absolute atomic E-state index is 11.3. The zero-order valence-electron chi connectivity index (χ0n) is 26.4. The van der Waals surface area contributed by atoms with Gasteiger partial charge in [0.05, 0.1) is 5.56 Å². The fourth-order valence-electron chi connectivity index (χ4n) is 4.90. The van der Waals surface area contributed by atoms with Crippen molar-refractivity contribution in [1.29, 1.82) is 0 Å². The number of nitrogens with one attached hydrogen (secondary N) is 2. The lowest BCUT2D eigenvalue weighted by Crippen LogP contribution is -2.09. The molecule has 9 nitrogen and oxygen atoms in total. The summed E-state index contributed by atoms with van der Waals surface area (Å²) in [5.74, 6) is -1.19. The van der Waals surface area contributed by atoms with Crippen LogP contribution in [0.1, 0.15) is 61.2 Å². The number of hydrogen-bond acceptors (Lipinski definition) is 7. The van der Waals surface area contributed by atoms with Crippen LogP contribution in [-0.4, -0.2) is 52.0 Å². The van der Waals surface area contributed by atoms with E-state index in [2.05, 4.69) is 60.7 Å². The highest BCUT2D eigenvalue weighted by atomic mass is 16.4. The Hall–Kier alpha value is -4.47. The van der Waals surface area contributed by atoms with Crippen molar-refractivity contribution < 1.29 is 20.1 Å². The van der Waals surface area contributed by atoms with Crippen molar-refractivity contribution in [2.45, 2.75) is 53.9 Å². The molecule has 1 aliphatic carbocycles. The number of aromatic nitrogens is 1. The first-order valence-corrected chi connectivity index (χ1v) is 15.3. The van der Waals surface area contributed by atoms with Gasteiger partial charge in [-0.25, -0.2) is 4.79 Å². The lowest BCUT2D eigenvalue weighted by molar-refractivity contribution is 0.0697. The van der Waals surface area contributed by atoms with Gasteiger partial charge in [-0.2, -0.15) is 0 Å². The number of rotatable bonds is 9. The topological polar surface area (TPSA) is 131 Å². The average molecular weight is 600 g/mol. The lowest BCUT2D eigenvalue weighted by Gasteiger charge is -2.08. The number of phenolic OH excluding ortho intramolecular Hbond substituents is 1. The zero-order valence-corrected chi connectivity index (χ0v) is 26.4. The van der Waals surface area contributed by atoms with Gasteiger partial charge in [0.25, 0.3) is 0 Å². The molecule has 0 saturated heterocycles. The molecule has 1 heterocycles. The van der Waals surface area contributed by atoms with Crippen molar-refractivity contribution in [3.8, 4) is 28.4 Å². The molecule has 0 radical (unpaired) electrons. The third kappa shape index (κ3) is 8.78. The van der Waals surface area contributed by atoms with E-state index in [0.717, 1.165) is 56.7 Å². The van der Waals surface area contributed by atoms with Crippen molar-refractivity contribution in [3.63, 3.8) is 0 Å². The molecule has 5 N–H and O–H groups in total. The number of aromatic carboxylic acids is 1. The molecule has 5 rings (SSSR count). The van der Waals surface area contributed by atoms with E-state index in [1.54, 1.807) is 34.9 Å². The van der Waals surface area contributed by atoms with Crippen LogP contribution in [0.2, 0.25) is 0 Å². The van der Waals surface area contributed by atoms with Gasteiger partial charge in [-0.1, -0.05) is 58.0 Å². The fraction of sp³-hybridized carbons (Fsp3) is 0.343. The molecule has 3 aromatic carbocycles. The van der Waals surface area contributed by atoms with Crippen molar-refractivity contribution in [2.75, 3.05) is 26.2 Å². The molecule has 9 heteroatoms. The van der Waals surface area contributed by atoms with Gasteiger partial charge in [0.15, 0.2) is 11.4 Å². The molecule has 4 aromatic rings. The van der Waals surface area contributed by atoms with Crippen molar-refractivity contribution in [2.24, 2.45) is 10.2 Å². The molecular formula is C35H45N5O4. The summed E-state index contributed by atoms with van der Waals surface area (Å²) < 4.78 is 1.69. The summed E-state index contributed by atoms with van der Waals surface area (Å²) >= 11 is 0. The highest BCUT2D eigenvalue weighted by Crippen LogP contribution is 2.41. The van der Waals surface area contributed by atoms with Crippen LogP contribution >= 0.6 is 0 Å². The highest BCUT2D eigenvalue weighted by molar-refractivity contribution is 5.90. The lowest BCUT2D eigenvalue weighted by atomic mass is 10.0.